The molecule has 122 valence electrons. The van der Waals surface area contributed by atoms with E-state index < -0.39 is 0 Å². The quantitative estimate of drug-likeness (QED) is 0.539. The number of unbranched alkanes of at least 4 members (excludes halogenated alkanes) is 3. The molecular weight excluding hydrogens is 262 g/mol. The maximum Gasteiger partial charge on any atom is 0.221 e. The van der Waals surface area contributed by atoms with E-state index in [-0.39, 0.29) is 11.9 Å². The summed E-state index contributed by atoms with van der Waals surface area (Å²) < 4.78 is 0. The predicted octanol–water partition coefficient (Wildman–Crippen LogP) is 2.36. The van der Waals surface area contributed by atoms with Crippen molar-refractivity contribution in [2.24, 2.45) is 0 Å². The molecule has 1 aliphatic rings. The second-order valence-electron chi connectivity index (χ2n) is 5.85. The molecule has 0 aromatic carbocycles. The molecule has 3 N–H and O–H groups in total. The van der Waals surface area contributed by atoms with Crippen LogP contribution in [-0.4, -0.2) is 38.1 Å². The summed E-state index contributed by atoms with van der Waals surface area (Å²) in [6, 6.07) is 0.181. The van der Waals surface area contributed by atoms with E-state index in [0.717, 1.165) is 45.4 Å². The van der Waals surface area contributed by atoms with Crippen molar-refractivity contribution in [1.29, 1.82) is 0 Å². The molecule has 4 heteroatoms. The van der Waals surface area contributed by atoms with Gasteiger partial charge in [-0.2, -0.15) is 0 Å². The van der Waals surface area contributed by atoms with E-state index in [1.807, 2.05) is 0 Å². The van der Waals surface area contributed by atoms with E-state index >= 15 is 0 Å². The first kappa shape index (κ1) is 18.2. The molecule has 0 aromatic heterocycles. The van der Waals surface area contributed by atoms with Crippen molar-refractivity contribution in [2.75, 3.05) is 26.2 Å². The van der Waals surface area contributed by atoms with Gasteiger partial charge in [0.25, 0.3) is 0 Å². The number of nitrogens with one attached hydrogen (secondary N) is 3. The summed E-state index contributed by atoms with van der Waals surface area (Å²) in [5.41, 5.74) is 0. The summed E-state index contributed by atoms with van der Waals surface area (Å²) >= 11 is 0. The normalized spacial score (nSPS) is 23.1. The van der Waals surface area contributed by atoms with Crippen LogP contribution in [0, 0.1) is 0 Å². The van der Waals surface area contributed by atoms with Crippen LogP contribution in [-0.2, 0) is 4.79 Å². The lowest BCUT2D eigenvalue weighted by molar-refractivity contribution is -0.121. The Bertz CT molecular complexity index is 292. The SMILES string of the molecule is CCCCC/C=C\[C@H]1CC(=O)NCCCNCCCCN1. The van der Waals surface area contributed by atoms with E-state index in [1.54, 1.807) is 0 Å². The third kappa shape index (κ3) is 10.5. The number of carbonyl (C=O) groups excluding carboxylic acids is 1. The van der Waals surface area contributed by atoms with Crippen molar-refractivity contribution in [3.63, 3.8) is 0 Å². The highest BCUT2D eigenvalue weighted by atomic mass is 16.1. The van der Waals surface area contributed by atoms with Gasteiger partial charge in [-0.15, -0.1) is 0 Å². The largest absolute Gasteiger partial charge is 0.356 e. The van der Waals surface area contributed by atoms with Gasteiger partial charge in [0.2, 0.25) is 5.91 Å². The van der Waals surface area contributed by atoms with E-state index in [4.69, 9.17) is 0 Å². The van der Waals surface area contributed by atoms with Crippen LogP contribution in [0.4, 0.5) is 0 Å². The van der Waals surface area contributed by atoms with Gasteiger partial charge in [0.1, 0.15) is 0 Å². The first-order chi connectivity index (χ1) is 10.3. The van der Waals surface area contributed by atoms with Crippen molar-refractivity contribution in [1.82, 2.24) is 16.0 Å². The molecule has 0 saturated carbocycles. The second kappa shape index (κ2) is 12.8. The first-order valence-corrected chi connectivity index (χ1v) is 8.70. The van der Waals surface area contributed by atoms with Crippen molar-refractivity contribution in [2.45, 2.75) is 64.3 Å². The minimum atomic E-state index is 0.157. The fourth-order valence-electron chi connectivity index (χ4n) is 2.48. The fourth-order valence-corrected chi connectivity index (χ4v) is 2.48. The Morgan fingerprint density at radius 1 is 1.10 bits per heavy atom. The lowest BCUT2D eigenvalue weighted by Crippen LogP contribution is -2.35. The predicted molar refractivity (Wildman–Crippen MR) is 89.4 cm³/mol. The maximum absolute atomic E-state index is 11.9. The lowest BCUT2D eigenvalue weighted by atomic mass is 10.1. The average Bonchev–Trinajstić information content (AvgIpc) is 2.49. The Labute approximate surface area is 130 Å². The molecule has 4 nitrogen and oxygen atoms in total. The molecule has 1 saturated heterocycles. The van der Waals surface area contributed by atoms with Gasteiger partial charge in [-0.3, -0.25) is 4.79 Å². The fraction of sp³-hybridized carbons (Fsp3) is 0.824. The van der Waals surface area contributed by atoms with E-state index in [1.165, 1.54) is 25.7 Å². The van der Waals surface area contributed by atoms with Crippen LogP contribution in [0.25, 0.3) is 0 Å². The van der Waals surface area contributed by atoms with Gasteiger partial charge >= 0.3 is 0 Å². The number of carbonyl (C=O) groups is 1. The molecule has 1 heterocycles. The number of rotatable bonds is 5. The Hall–Kier alpha value is -0.870. The smallest absolute Gasteiger partial charge is 0.221 e. The third-order valence-corrected chi connectivity index (χ3v) is 3.79. The molecular formula is C17H33N3O. The number of hydrogen-bond donors (Lipinski definition) is 3. The van der Waals surface area contributed by atoms with Gasteiger partial charge in [-0.1, -0.05) is 31.9 Å². The van der Waals surface area contributed by atoms with E-state index in [0.29, 0.717) is 6.42 Å². The average molecular weight is 295 g/mol. The molecule has 1 atom stereocenters. The van der Waals surface area contributed by atoms with Crippen LogP contribution in [0.3, 0.4) is 0 Å². The topological polar surface area (TPSA) is 53.2 Å². The molecule has 1 amide bonds. The van der Waals surface area contributed by atoms with Crippen LogP contribution in [0.2, 0.25) is 0 Å². The minimum Gasteiger partial charge on any atom is -0.356 e. The minimum absolute atomic E-state index is 0.157. The van der Waals surface area contributed by atoms with Crippen LogP contribution in [0.1, 0.15) is 58.3 Å². The van der Waals surface area contributed by atoms with Crippen LogP contribution in [0.5, 0.6) is 0 Å². The molecule has 0 spiro atoms. The monoisotopic (exact) mass is 295 g/mol. The van der Waals surface area contributed by atoms with Crippen LogP contribution in [0.15, 0.2) is 12.2 Å². The van der Waals surface area contributed by atoms with Gasteiger partial charge in [0, 0.05) is 19.0 Å². The molecule has 0 aliphatic carbocycles. The third-order valence-electron chi connectivity index (χ3n) is 3.79. The zero-order valence-electron chi connectivity index (χ0n) is 13.6. The summed E-state index contributed by atoms with van der Waals surface area (Å²) in [5, 5.41) is 9.92. The van der Waals surface area contributed by atoms with Crippen molar-refractivity contribution in [3.05, 3.63) is 12.2 Å². The Balaban J connectivity index is 2.37. The second-order valence-corrected chi connectivity index (χ2v) is 5.85. The summed E-state index contributed by atoms with van der Waals surface area (Å²) in [7, 11) is 0. The summed E-state index contributed by atoms with van der Waals surface area (Å²) in [5.74, 6) is 0.157. The maximum atomic E-state index is 11.9. The summed E-state index contributed by atoms with van der Waals surface area (Å²) in [6.07, 6.45) is 13.3. The molecule has 0 unspecified atom stereocenters. The highest BCUT2D eigenvalue weighted by Crippen LogP contribution is 2.03. The lowest BCUT2D eigenvalue weighted by Gasteiger charge is -2.14. The number of allylic oxidation sites excluding steroid dienone is 1. The van der Waals surface area contributed by atoms with E-state index in [9.17, 15) is 4.79 Å². The van der Waals surface area contributed by atoms with Gasteiger partial charge in [-0.05, 0) is 51.7 Å². The Morgan fingerprint density at radius 3 is 2.76 bits per heavy atom. The molecule has 21 heavy (non-hydrogen) atoms. The first-order valence-electron chi connectivity index (χ1n) is 8.70. The van der Waals surface area contributed by atoms with Crippen molar-refractivity contribution in [3.8, 4) is 0 Å². The van der Waals surface area contributed by atoms with Gasteiger partial charge in [0.15, 0.2) is 0 Å². The Kier molecular flexibility index (Phi) is 11.1. The highest BCUT2D eigenvalue weighted by molar-refractivity contribution is 5.76. The molecule has 1 aliphatic heterocycles. The van der Waals surface area contributed by atoms with Gasteiger partial charge < -0.3 is 16.0 Å². The molecule has 0 bridgehead atoms. The summed E-state index contributed by atoms with van der Waals surface area (Å²) in [6.45, 7) is 6.05. The molecule has 0 radical (unpaired) electrons. The van der Waals surface area contributed by atoms with Gasteiger partial charge in [-0.25, -0.2) is 0 Å². The standard InChI is InChI=1S/C17H33N3O/c1-2-3-4-5-6-10-16-15-17(21)20-14-9-12-18-11-7-8-13-19-16/h6,10,16,18-19H,2-5,7-9,11-15H2,1H3,(H,20,21)/b10-6-/t16-/m0/s1. The zero-order valence-corrected chi connectivity index (χ0v) is 13.6. The zero-order chi connectivity index (χ0) is 15.2. The van der Waals surface area contributed by atoms with Gasteiger partial charge in [0.05, 0.1) is 0 Å². The number of hydrogen-bond acceptors (Lipinski definition) is 3. The Morgan fingerprint density at radius 2 is 1.90 bits per heavy atom. The van der Waals surface area contributed by atoms with Crippen LogP contribution < -0.4 is 16.0 Å². The van der Waals surface area contributed by atoms with Crippen LogP contribution >= 0.6 is 0 Å². The van der Waals surface area contributed by atoms with E-state index in [2.05, 4.69) is 35.0 Å². The molecule has 1 fully saturated rings. The number of amides is 1. The summed E-state index contributed by atoms with van der Waals surface area (Å²) in [4.78, 5) is 11.9. The van der Waals surface area contributed by atoms with Crippen molar-refractivity contribution >= 4 is 5.91 Å². The highest BCUT2D eigenvalue weighted by Gasteiger charge is 2.10. The van der Waals surface area contributed by atoms with Crippen molar-refractivity contribution < 1.29 is 4.79 Å². The molecule has 0 aromatic rings. The molecule has 1 rings (SSSR count).